The van der Waals surface area contributed by atoms with Gasteiger partial charge >= 0.3 is 0 Å². The molecule has 0 aromatic heterocycles. The van der Waals surface area contributed by atoms with Crippen molar-refractivity contribution in [2.24, 2.45) is 0 Å². The van der Waals surface area contributed by atoms with Crippen LogP contribution in [0.25, 0.3) is 22.3 Å². The van der Waals surface area contributed by atoms with Gasteiger partial charge in [0.15, 0.2) is 0 Å². The molecule has 4 aromatic carbocycles. The van der Waals surface area contributed by atoms with Crippen molar-refractivity contribution in [3.8, 4) is 22.3 Å². The minimum atomic E-state index is -0.199. The maximum Gasteiger partial charge on any atom is 0.0725 e. The van der Waals surface area contributed by atoms with Crippen molar-refractivity contribution in [3.05, 3.63) is 118 Å². The van der Waals surface area contributed by atoms with Crippen LogP contribution in [0.2, 0.25) is 0 Å². The first-order chi connectivity index (χ1) is 13.2. The summed E-state index contributed by atoms with van der Waals surface area (Å²) in [4.78, 5) is 0. The zero-order valence-corrected chi connectivity index (χ0v) is 15.6. The minimum absolute atomic E-state index is 0.199. The van der Waals surface area contributed by atoms with Crippen LogP contribution >= 0.6 is 0 Å². The highest BCUT2D eigenvalue weighted by Gasteiger charge is 2.51. The Balaban J connectivity index is 1.89. The predicted molar refractivity (Wildman–Crippen MR) is 112 cm³/mol. The maximum absolute atomic E-state index is 2.42. The topological polar surface area (TPSA) is 0 Å². The first-order valence-corrected chi connectivity index (χ1v) is 9.64. The van der Waals surface area contributed by atoms with E-state index in [9.17, 15) is 0 Å². The third-order valence-electron chi connectivity index (χ3n) is 6.44. The van der Waals surface area contributed by atoms with E-state index in [1.54, 1.807) is 0 Å². The second-order valence-electron chi connectivity index (χ2n) is 7.89. The normalized spacial score (nSPS) is 14.6. The Morgan fingerprint density at radius 1 is 0.519 bits per heavy atom. The SMILES string of the molecule is Cc1cc(C)c2c(c1)C1(c3ccccc3-c3ccccc31)c1ccccc1-2. The molecule has 4 aromatic rings. The van der Waals surface area contributed by atoms with Crippen molar-refractivity contribution in [2.75, 3.05) is 0 Å². The van der Waals surface area contributed by atoms with E-state index in [1.165, 1.54) is 55.6 Å². The van der Waals surface area contributed by atoms with Crippen LogP contribution in [0.5, 0.6) is 0 Å². The minimum Gasteiger partial charge on any atom is -0.0619 e. The molecule has 0 fully saturated rings. The van der Waals surface area contributed by atoms with Crippen LogP contribution in [0.15, 0.2) is 84.9 Å². The van der Waals surface area contributed by atoms with Crippen molar-refractivity contribution >= 4 is 0 Å². The van der Waals surface area contributed by atoms with Crippen molar-refractivity contribution in [1.29, 1.82) is 0 Å². The molecule has 1 spiro atoms. The highest BCUT2D eigenvalue weighted by Crippen LogP contribution is 2.63. The van der Waals surface area contributed by atoms with Gasteiger partial charge < -0.3 is 0 Å². The molecule has 0 bridgehead atoms. The lowest BCUT2D eigenvalue weighted by Crippen LogP contribution is -2.26. The monoisotopic (exact) mass is 344 g/mol. The molecule has 0 radical (unpaired) electrons. The molecule has 0 saturated heterocycles. The molecule has 2 aliphatic rings. The number of benzene rings is 4. The molecule has 0 nitrogen and oxygen atoms in total. The molecule has 27 heavy (non-hydrogen) atoms. The number of rotatable bonds is 0. The van der Waals surface area contributed by atoms with Gasteiger partial charge in [0.05, 0.1) is 5.41 Å². The van der Waals surface area contributed by atoms with Crippen molar-refractivity contribution < 1.29 is 0 Å². The molecule has 0 saturated carbocycles. The summed E-state index contributed by atoms with van der Waals surface area (Å²) in [6.45, 7) is 4.48. The van der Waals surface area contributed by atoms with Crippen molar-refractivity contribution in [3.63, 3.8) is 0 Å². The average Bonchev–Trinajstić information content (AvgIpc) is 3.15. The van der Waals surface area contributed by atoms with Gasteiger partial charge in [0.2, 0.25) is 0 Å². The van der Waals surface area contributed by atoms with E-state index >= 15 is 0 Å². The van der Waals surface area contributed by atoms with Gasteiger partial charge in [-0.25, -0.2) is 0 Å². The van der Waals surface area contributed by atoms with E-state index in [4.69, 9.17) is 0 Å². The van der Waals surface area contributed by atoms with Gasteiger partial charge in [-0.05, 0) is 63.9 Å². The van der Waals surface area contributed by atoms with Gasteiger partial charge in [0.25, 0.3) is 0 Å². The van der Waals surface area contributed by atoms with Crippen molar-refractivity contribution in [1.82, 2.24) is 0 Å². The lowest BCUT2D eigenvalue weighted by atomic mass is 9.70. The van der Waals surface area contributed by atoms with E-state index in [2.05, 4.69) is 98.8 Å². The lowest BCUT2D eigenvalue weighted by Gasteiger charge is -2.30. The molecule has 0 amide bonds. The Morgan fingerprint density at radius 3 is 1.59 bits per heavy atom. The number of fused-ring (bicyclic) bond motifs is 10. The van der Waals surface area contributed by atoms with Crippen LogP contribution in [0.4, 0.5) is 0 Å². The Morgan fingerprint density at radius 2 is 1.00 bits per heavy atom. The Labute approximate surface area is 160 Å². The average molecular weight is 344 g/mol. The largest absolute Gasteiger partial charge is 0.0725 e. The molecule has 0 unspecified atom stereocenters. The number of aryl methyl sites for hydroxylation is 2. The molecule has 0 heterocycles. The molecule has 0 aliphatic heterocycles. The second kappa shape index (κ2) is 4.98. The van der Waals surface area contributed by atoms with E-state index in [0.29, 0.717) is 0 Å². The summed E-state index contributed by atoms with van der Waals surface area (Å²) in [5, 5.41) is 0. The van der Waals surface area contributed by atoms with E-state index in [1.807, 2.05) is 0 Å². The van der Waals surface area contributed by atoms with Crippen LogP contribution in [0, 0.1) is 13.8 Å². The first kappa shape index (κ1) is 15.0. The summed E-state index contributed by atoms with van der Waals surface area (Å²) in [7, 11) is 0. The predicted octanol–water partition coefficient (Wildman–Crippen LogP) is 6.65. The molecular formula is C27H20. The quantitative estimate of drug-likeness (QED) is 0.289. The number of hydrogen-bond acceptors (Lipinski definition) is 0. The van der Waals surface area contributed by atoms with Gasteiger partial charge in [-0.1, -0.05) is 90.5 Å². The zero-order valence-electron chi connectivity index (χ0n) is 15.6. The fourth-order valence-corrected chi connectivity index (χ4v) is 5.61. The molecule has 2 aliphatic carbocycles. The molecule has 6 rings (SSSR count). The third-order valence-corrected chi connectivity index (χ3v) is 6.44. The van der Waals surface area contributed by atoms with Gasteiger partial charge in [-0.3, -0.25) is 0 Å². The van der Waals surface area contributed by atoms with Crippen LogP contribution in [-0.4, -0.2) is 0 Å². The first-order valence-electron chi connectivity index (χ1n) is 9.64. The van der Waals surface area contributed by atoms with Gasteiger partial charge in [0, 0.05) is 0 Å². The van der Waals surface area contributed by atoms with Crippen molar-refractivity contribution in [2.45, 2.75) is 19.3 Å². The van der Waals surface area contributed by atoms with Crippen LogP contribution in [0.1, 0.15) is 33.4 Å². The van der Waals surface area contributed by atoms with E-state index in [-0.39, 0.29) is 5.41 Å². The highest BCUT2D eigenvalue weighted by atomic mass is 14.5. The Hall–Kier alpha value is -3.12. The molecule has 128 valence electrons. The lowest BCUT2D eigenvalue weighted by molar-refractivity contribution is 0.792. The molecular weight excluding hydrogens is 324 g/mol. The van der Waals surface area contributed by atoms with Crippen LogP contribution in [0.3, 0.4) is 0 Å². The summed E-state index contributed by atoms with van der Waals surface area (Å²) < 4.78 is 0. The summed E-state index contributed by atoms with van der Waals surface area (Å²) in [6.07, 6.45) is 0. The summed E-state index contributed by atoms with van der Waals surface area (Å²) in [6, 6.07) is 31.7. The molecule has 0 heteroatoms. The van der Waals surface area contributed by atoms with Gasteiger partial charge in [0.1, 0.15) is 0 Å². The molecule has 0 N–H and O–H groups in total. The zero-order chi connectivity index (χ0) is 18.2. The Kier molecular flexibility index (Phi) is 2.77. The van der Waals surface area contributed by atoms with Crippen LogP contribution in [-0.2, 0) is 5.41 Å². The fraction of sp³-hybridized carbons (Fsp3) is 0.111. The van der Waals surface area contributed by atoms with Crippen LogP contribution < -0.4 is 0 Å². The number of hydrogen-bond donors (Lipinski definition) is 0. The fourth-order valence-electron chi connectivity index (χ4n) is 5.61. The van der Waals surface area contributed by atoms with Gasteiger partial charge in [-0.2, -0.15) is 0 Å². The highest BCUT2D eigenvalue weighted by molar-refractivity contribution is 5.95. The summed E-state index contributed by atoms with van der Waals surface area (Å²) in [5.41, 5.74) is 13.8. The van der Waals surface area contributed by atoms with E-state index < -0.39 is 0 Å². The smallest absolute Gasteiger partial charge is 0.0619 e. The molecule has 0 atom stereocenters. The Bertz CT molecular complexity index is 1200. The maximum atomic E-state index is 2.42. The standard InChI is InChI=1S/C27H20/c1-17-15-18(2)26-21-11-5-8-14-24(21)27(25(26)16-17)22-12-6-3-9-19(22)20-10-4-7-13-23(20)27/h3-16H,1-2H3. The van der Waals surface area contributed by atoms with Gasteiger partial charge in [-0.15, -0.1) is 0 Å². The second-order valence-corrected chi connectivity index (χ2v) is 7.89. The summed E-state index contributed by atoms with van der Waals surface area (Å²) >= 11 is 0. The summed E-state index contributed by atoms with van der Waals surface area (Å²) in [5.74, 6) is 0. The third kappa shape index (κ3) is 1.64. The van der Waals surface area contributed by atoms with E-state index in [0.717, 1.165) is 0 Å².